The summed E-state index contributed by atoms with van der Waals surface area (Å²) in [6, 6.07) is 0. The molecule has 8 nitrogen and oxygen atoms in total. The Morgan fingerprint density at radius 3 is 2.78 bits per heavy atom. The lowest BCUT2D eigenvalue weighted by atomic mass is 10.1. The Bertz CT molecular complexity index is 549. The molecule has 0 aliphatic carbocycles. The van der Waals surface area contributed by atoms with Crippen molar-refractivity contribution in [2.24, 2.45) is 0 Å². The third-order valence-electron chi connectivity index (χ3n) is 2.33. The molecule has 18 heavy (non-hydrogen) atoms. The summed E-state index contributed by atoms with van der Waals surface area (Å²) in [6.07, 6.45) is 2.84. The number of nitrogens with one attached hydrogen (secondary N) is 2. The lowest BCUT2D eigenvalue weighted by molar-refractivity contribution is 0.102. The third-order valence-corrected chi connectivity index (χ3v) is 2.33. The van der Waals surface area contributed by atoms with Crippen molar-refractivity contribution in [3.63, 3.8) is 0 Å². The van der Waals surface area contributed by atoms with E-state index < -0.39 is 5.91 Å². The number of carbonyl (C=O) groups is 1. The van der Waals surface area contributed by atoms with E-state index in [9.17, 15) is 4.79 Å². The zero-order chi connectivity index (χ0) is 13.1. The zero-order valence-electron chi connectivity index (χ0n) is 10.0. The molecule has 2 rings (SSSR count). The van der Waals surface area contributed by atoms with Crippen LogP contribution in [0.3, 0.4) is 0 Å². The minimum Gasteiger partial charge on any atom is -0.395 e. The molecule has 0 saturated carbocycles. The molecule has 94 valence electrons. The van der Waals surface area contributed by atoms with Crippen LogP contribution < -0.4 is 11.1 Å². The number of nitrogens with zero attached hydrogens (tertiary/aromatic N) is 4. The summed E-state index contributed by atoms with van der Waals surface area (Å²) in [5.41, 5.74) is 7.05. The minimum absolute atomic E-state index is 0.107. The average Bonchev–Trinajstić information content (AvgIpc) is 2.72. The summed E-state index contributed by atoms with van der Waals surface area (Å²) in [6.45, 7) is 3.91. The van der Waals surface area contributed by atoms with Crippen molar-refractivity contribution < 1.29 is 4.79 Å². The number of nitrogen functional groups attached to an aromatic ring is 1. The molecule has 0 aromatic carbocycles. The predicted molar refractivity (Wildman–Crippen MR) is 64.9 cm³/mol. The van der Waals surface area contributed by atoms with Gasteiger partial charge in [-0.2, -0.15) is 10.2 Å². The molecular weight excluding hydrogens is 234 g/mol. The van der Waals surface area contributed by atoms with E-state index in [2.05, 4.69) is 30.7 Å². The van der Waals surface area contributed by atoms with Gasteiger partial charge in [-0.05, 0) is 5.92 Å². The fourth-order valence-electron chi connectivity index (χ4n) is 1.44. The Balaban J connectivity index is 2.20. The number of nitrogens with two attached hydrogens (primary N) is 1. The molecule has 0 atom stereocenters. The largest absolute Gasteiger partial charge is 0.395 e. The number of carbonyl (C=O) groups excluding carboxylic acids is 1. The van der Waals surface area contributed by atoms with Gasteiger partial charge < -0.3 is 5.73 Å². The fourth-order valence-corrected chi connectivity index (χ4v) is 1.44. The fraction of sp³-hybridized carbons (Fsp3) is 0.300. The first-order valence-electron chi connectivity index (χ1n) is 5.38. The van der Waals surface area contributed by atoms with E-state index in [-0.39, 0.29) is 17.6 Å². The molecule has 2 aromatic rings. The summed E-state index contributed by atoms with van der Waals surface area (Å²) >= 11 is 0. The van der Waals surface area contributed by atoms with Crippen LogP contribution in [0.5, 0.6) is 0 Å². The van der Waals surface area contributed by atoms with Crippen LogP contribution in [0.4, 0.5) is 11.6 Å². The first-order valence-corrected chi connectivity index (χ1v) is 5.38. The van der Waals surface area contributed by atoms with Crippen LogP contribution in [-0.2, 0) is 0 Å². The van der Waals surface area contributed by atoms with Crippen molar-refractivity contribution in [2.75, 3.05) is 11.1 Å². The first kappa shape index (κ1) is 12.0. The van der Waals surface area contributed by atoms with E-state index in [4.69, 9.17) is 5.73 Å². The molecular formula is C10H13N7O. The van der Waals surface area contributed by atoms with Crippen molar-refractivity contribution >= 4 is 17.5 Å². The van der Waals surface area contributed by atoms with Crippen molar-refractivity contribution in [3.8, 4) is 0 Å². The van der Waals surface area contributed by atoms with Gasteiger partial charge in [0.05, 0.1) is 23.8 Å². The summed E-state index contributed by atoms with van der Waals surface area (Å²) in [7, 11) is 0. The molecule has 0 bridgehead atoms. The van der Waals surface area contributed by atoms with Crippen LogP contribution in [-0.4, -0.2) is 31.3 Å². The monoisotopic (exact) mass is 247 g/mol. The summed E-state index contributed by atoms with van der Waals surface area (Å²) < 4.78 is 0. The smallest absolute Gasteiger partial charge is 0.280 e. The Morgan fingerprint density at radius 1 is 1.44 bits per heavy atom. The molecule has 0 radical (unpaired) electrons. The molecule has 0 unspecified atom stereocenters. The number of rotatable bonds is 3. The minimum atomic E-state index is -0.469. The van der Waals surface area contributed by atoms with Gasteiger partial charge in [0.1, 0.15) is 0 Å². The highest BCUT2D eigenvalue weighted by atomic mass is 16.2. The lowest BCUT2D eigenvalue weighted by Crippen LogP contribution is -2.16. The topological polar surface area (TPSA) is 122 Å². The van der Waals surface area contributed by atoms with Gasteiger partial charge in [0.25, 0.3) is 5.91 Å². The highest BCUT2D eigenvalue weighted by molar-refractivity contribution is 6.05. The molecule has 2 aromatic heterocycles. The molecule has 0 aliphatic heterocycles. The number of hydrogen-bond acceptors (Lipinski definition) is 6. The van der Waals surface area contributed by atoms with E-state index in [0.29, 0.717) is 5.69 Å². The Morgan fingerprint density at radius 2 is 2.22 bits per heavy atom. The Hall–Kier alpha value is -2.51. The number of H-pyrrole nitrogens is 1. The normalized spacial score (nSPS) is 10.6. The van der Waals surface area contributed by atoms with Gasteiger partial charge >= 0.3 is 0 Å². The number of aromatic nitrogens is 5. The average molecular weight is 247 g/mol. The maximum atomic E-state index is 11.9. The van der Waals surface area contributed by atoms with E-state index in [0.717, 1.165) is 5.69 Å². The molecule has 4 N–H and O–H groups in total. The van der Waals surface area contributed by atoms with Crippen LogP contribution >= 0.6 is 0 Å². The predicted octanol–water partition coefficient (Wildman–Crippen LogP) is 0.553. The number of amides is 1. The second-order valence-corrected chi connectivity index (χ2v) is 3.97. The highest BCUT2D eigenvalue weighted by Gasteiger charge is 2.19. The number of aromatic amines is 1. The molecule has 2 heterocycles. The van der Waals surface area contributed by atoms with Crippen LogP contribution in [0.15, 0.2) is 12.4 Å². The summed E-state index contributed by atoms with van der Waals surface area (Å²) in [5.74, 6) is -0.201. The molecule has 0 fully saturated rings. The van der Waals surface area contributed by atoms with Crippen LogP contribution in [0.1, 0.15) is 35.9 Å². The first-order chi connectivity index (χ1) is 8.59. The van der Waals surface area contributed by atoms with Gasteiger partial charge in [-0.25, -0.2) is 4.98 Å². The Labute approximate surface area is 103 Å². The molecule has 0 spiro atoms. The Kier molecular flexibility index (Phi) is 3.18. The third kappa shape index (κ3) is 2.26. The molecule has 0 aliphatic rings. The van der Waals surface area contributed by atoms with Crippen molar-refractivity contribution in [1.29, 1.82) is 0 Å². The number of anilines is 2. The van der Waals surface area contributed by atoms with E-state index in [1.165, 1.54) is 12.4 Å². The maximum absolute atomic E-state index is 11.9. The van der Waals surface area contributed by atoms with Gasteiger partial charge in [-0.1, -0.05) is 13.8 Å². The van der Waals surface area contributed by atoms with Gasteiger partial charge in [-0.15, -0.1) is 5.10 Å². The second kappa shape index (κ2) is 4.78. The van der Waals surface area contributed by atoms with Crippen LogP contribution in [0, 0.1) is 0 Å². The zero-order valence-corrected chi connectivity index (χ0v) is 10.0. The van der Waals surface area contributed by atoms with Crippen LogP contribution in [0.25, 0.3) is 0 Å². The summed E-state index contributed by atoms with van der Waals surface area (Å²) in [5, 5.41) is 16.4. The maximum Gasteiger partial charge on any atom is 0.280 e. The SMILES string of the molecule is CC(C)c1[nH]nc(C(=O)Nc2nccnn2)c1N. The molecule has 8 heteroatoms. The van der Waals surface area contributed by atoms with Crippen molar-refractivity contribution in [2.45, 2.75) is 19.8 Å². The van der Waals surface area contributed by atoms with Crippen LogP contribution in [0.2, 0.25) is 0 Å². The van der Waals surface area contributed by atoms with Gasteiger partial charge in [0.2, 0.25) is 5.95 Å². The summed E-state index contributed by atoms with van der Waals surface area (Å²) in [4.78, 5) is 15.7. The molecule has 1 amide bonds. The van der Waals surface area contributed by atoms with Gasteiger partial charge in [0, 0.05) is 0 Å². The standard InChI is InChI=1S/C10H13N7O/c1-5(2)7-6(11)8(16-15-7)9(18)14-10-12-3-4-13-17-10/h3-5H,11H2,1-2H3,(H,15,16)(H,12,14,17,18). The second-order valence-electron chi connectivity index (χ2n) is 3.97. The van der Waals surface area contributed by atoms with Gasteiger partial charge in [0.15, 0.2) is 5.69 Å². The number of hydrogen-bond donors (Lipinski definition) is 3. The van der Waals surface area contributed by atoms with E-state index in [1.54, 1.807) is 0 Å². The quantitative estimate of drug-likeness (QED) is 0.728. The van der Waals surface area contributed by atoms with E-state index in [1.807, 2.05) is 13.8 Å². The molecule has 0 saturated heterocycles. The van der Waals surface area contributed by atoms with Crippen molar-refractivity contribution in [1.82, 2.24) is 25.4 Å². The van der Waals surface area contributed by atoms with E-state index >= 15 is 0 Å². The highest BCUT2D eigenvalue weighted by Crippen LogP contribution is 2.22. The van der Waals surface area contributed by atoms with Crippen molar-refractivity contribution in [3.05, 3.63) is 23.8 Å². The lowest BCUT2D eigenvalue weighted by Gasteiger charge is -2.03. The van der Waals surface area contributed by atoms with Gasteiger partial charge in [-0.3, -0.25) is 15.2 Å².